The zero-order chi connectivity index (χ0) is 19.3. The van der Waals surface area contributed by atoms with Gasteiger partial charge in [-0.25, -0.2) is 0 Å². The van der Waals surface area contributed by atoms with Gasteiger partial charge < -0.3 is 18.8 Å². The van der Waals surface area contributed by atoms with E-state index in [0.29, 0.717) is 24.0 Å². The van der Waals surface area contributed by atoms with Gasteiger partial charge in [0.05, 0.1) is 23.6 Å². The highest BCUT2D eigenvalue weighted by molar-refractivity contribution is 6.07. The van der Waals surface area contributed by atoms with Crippen LogP contribution in [0, 0.1) is 6.92 Å². The maximum absolute atomic E-state index is 13.3. The second kappa shape index (κ2) is 6.30. The third-order valence-corrected chi connectivity index (χ3v) is 5.42. The highest BCUT2D eigenvalue weighted by Gasteiger charge is 2.26. The number of fused-ring (bicyclic) bond motifs is 2. The number of hydrogen-bond donors (Lipinski definition) is 0. The van der Waals surface area contributed by atoms with Gasteiger partial charge in [0.25, 0.3) is 11.5 Å². The lowest BCUT2D eigenvalue weighted by atomic mass is 9.98. The van der Waals surface area contributed by atoms with E-state index in [1.54, 1.807) is 24.9 Å². The largest absolute Gasteiger partial charge is 0.497 e. The Bertz CT molecular complexity index is 1120. The lowest BCUT2D eigenvalue weighted by Gasteiger charge is -2.29. The average molecular weight is 365 g/mol. The normalized spacial score (nSPS) is 13.7. The first-order valence-electron chi connectivity index (χ1n) is 9.01. The van der Waals surface area contributed by atoms with Crippen LogP contribution in [0.4, 0.5) is 0 Å². The minimum absolute atomic E-state index is 0.100. The molecule has 0 unspecified atom stereocenters. The Kier molecular flexibility index (Phi) is 4.06. The molecule has 0 saturated heterocycles. The summed E-state index contributed by atoms with van der Waals surface area (Å²) in [5, 5.41) is 0.501. The van der Waals surface area contributed by atoms with E-state index in [0.717, 1.165) is 28.8 Å². The summed E-state index contributed by atoms with van der Waals surface area (Å²) in [7, 11) is 5.24. The number of benzene rings is 1. The summed E-state index contributed by atoms with van der Waals surface area (Å²) in [6.07, 6.45) is 4.39. The lowest BCUT2D eigenvalue weighted by Crippen LogP contribution is -2.36. The zero-order valence-corrected chi connectivity index (χ0v) is 16.1. The van der Waals surface area contributed by atoms with E-state index in [-0.39, 0.29) is 11.5 Å². The standard InChI is InChI=1S/C21H23N3O3/c1-13-10-23(3)21(26)18-17(12-22(2)19(13)18)20(25)24-8-7-14-5-6-16(27-4)9-15(14)11-24/h5-6,9-10,12H,7-8,11H2,1-4H3. The zero-order valence-electron chi connectivity index (χ0n) is 16.1. The lowest BCUT2D eigenvalue weighted by molar-refractivity contribution is 0.0736. The van der Waals surface area contributed by atoms with Gasteiger partial charge in [-0.15, -0.1) is 0 Å². The van der Waals surface area contributed by atoms with Crippen molar-refractivity contribution in [1.29, 1.82) is 0 Å². The summed E-state index contributed by atoms with van der Waals surface area (Å²) >= 11 is 0. The van der Waals surface area contributed by atoms with Crippen LogP contribution in [0.15, 0.2) is 35.4 Å². The number of carbonyl (C=O) groups excluding carboxylic acids is 1. The number of rotatable bonds is 2. The Labute approximate surface area is 157 Å². The molecule has 0 saturated carbocycles. The molecular formula is C21H23N3O3. The molecule has 140 valence electrons. The van der Waals surface area contributed by atoms with Crippen molar-refractivity contribution in [3.8, 4) is 5.75 Å². The van der Waals surface area contributed by atoms with E-state index in [2.05, 4.69) is 6.07 Å². The van der Waals surface area contributed by atoms with Crippen LogP contribution in [0.3, 0.4) is 0 Å². The fourth-order valence-electron chi connectivity index (χ4n) is 4.07. The molecule has 1 aromatic carbocycles. The summed E-state index contributed by atoms with van der Waals surface area (Å²) < 4.78 is 8.73. The first-order chi connectivity index (χ1) is 12.9. The molecule has 0 radical (unpaired) electrons. The molecule has 3 aromatic rings. The van der Waals surface area contributed by atoms with Crippen LogP contribution in [-0.2, 0) is 27.1 Å². The molecule has 1 amide bonds. The smallest absolute Gasteiger partial charge is 0.260 e. The van der Waals surface area contributed by atoms with Crippen molar-refractivity contribution in [1.82, 2.24) is 14.0 Å². The highest BCUT2D eigenvalue weighted by atomic mass is 16.5. The number of nitrogens with zero attached hydrogens (tertiary/aromatic N) is 3. The minimum Gasteiger partial charge on any atom is -0.497 e. The van der Waals surface area contributed by atoms with Gasteiger partial charge in [-0.05, 0) is 42.2 Å². The van der Waals surface area contributed by atoms with E-state index in [4.69, 9.17) is 4.74 Å². The Morgan fingerprint density at radius 2 is 1.89 bits per heavy atom. The van der Waals surface area contributed by atoms with Crippen molar-refractivity contribution >= 4 is 16.8 Å². The molecule has 0 spiro atoms. The van der Waals surface area contributed by atoms with Gasteiger partial charge in [-0.2, -0.15) is 0 Å². The van der Waals surface area contributed by atoms with E-state index < -0.39 is 0 Å². The third kappa shape index (κ3) is 2.72. The molecule has 0 fully saturated rings. The molecule has 0 aliphatic carbocycles. The Morgan fingerprint density at radius 3 is 2.63 bits per heavy atom. The second-order valence-electron chi connectivity index (χ2n) is 7.22. The molecule has 4 rings (SSSR count). The predicted molar refractivity (Wildman–Crippen MR) is 104 cm³/mol. The molecule has 3 heterocycles. The van der Waals surface area contributed by atoms with Crippen LogP contribution < -0.4 is 10.3 Å². The van der Waals surface area contributed by atoms with Crippen LogP contribution in [0.1, 0.15) is 27.0 Å². The Morgan fingerprint density at radius 1 is 1.11 bits per heavy atom. The number of amides is 1. The molecule has 2 aromatic heterocycles. The van der Waals surface area contributed by atoms with Crippen molar-refractivity contribution in [2.45, 2.75) is 19.9 Å². The number of aryl methyl sites for hydroxylation is 3. The molecular weight excluding hydrogens is 342 g/mol. The number of ether oxygens (including phenoxy) is 1. The highest BCUT2D eigenvalue weighted by Crippen LogP contribution is 2.27. The third-order valence-electron chi connectivity index (χ3n) is 5.42. The van der Waals surface area contributed by atoms with Gasteiger partial charge in [-0.1, -0.05) is 6.07 Å². The van der Waals surface area contributed by atoms with Gasteiger partial charge >= 0.3 is 0 Å². The predicted octanol–water partition coefficient (Wildman–Crippen LogP) is 2.39. The SMILES string of the molecule is COc1ccc2c(c1)CN(C(=O)c1cn(C)c3c(C)cn(C)c(=O)c13)CC2. The van der Waals surface area contributed by atoms with E-state index in [9.17, 15) is 9.59 Å². The Hall–Kier alpha value is -3.02. The van der Waals surface area contributed by atoms with Gasteiger partial charge in [0.15, 0.2) is 0 Å². The van der Waals surface area contributed by atoms with Crippen molar-refractivity contribution in [2.75, 3.05) is 13.7 Å². The number of pyridine rings is 1. The molecule has 0 atom stereocenters. The maximum Gasteiger partial charge on any atom is 0.260 e. The molecule has 0 N–H and O–H groups in total. The molecule has 0 bridgehead atoms. The van der Waals surface area contributed by atoms with Crippen LogP contribution in [0.25, 0.3) is 10.9 Å². The molecule has 6 heteroatoms. The Balaban J connectivity index is 1.77. The topological polar surface area (TPSA) is 56.5 Å². The van der Waals surface area contributed by atoms with Crippen LogP contribution in [-0.4, -0.2) is 33.6 Å². The molecule has 1 aliphatic rings. The quantitative estimate of drug-likeness (QED) is 0.701. The van der Waals surface area contributed by atoms with Crippen LogP contribution in [0.5, 0.6) is 5.75 Å². The summed E-state index contributed by atoms with van der Waals surface area (Å²) in [6, 6.07) is 6.00. The first kappa shape index (κ1) is 17.4. The van der Waals surface area contributed by atoms with Crippen LogP contribution in [0.2, 0.25) is 0 Å². The van der Waals surface area contributed by atoms with Gasteiger partial charge in [-0.3, -0.25) is 9.59 Å². The average Bonchev–Trinajstić information content (AvgIpc) is 3.02. The summed E-state index contributed by atoms with van der Waals surface area (Å²) in [5.41, 5.74) is 4.47. The van der Waals surface area contributed by atoms with E-state index in [1.165, 1.54) is 5.56 Å². The van der Waals surface area contributed by atoms with E-state index in [1.807, 2.05) is 41.8 Å². The van der Waals surface area contributed by atoms with Gasteiger partial charge in [0.2, 0.25) is 0 Å². The van der Waals surface area contributed by atoms with Crippen molar-refractivity contribution in [2.24, 2.45) is 14.1 Å². The number of hydrogen-bond acceptors (Lipinski definition) is 3. The monoisotopic (exact) mass is 365 g/mol. The minimum atomic E-state index is -0.140. The second-order valence-corrected chi connectivity index (χ2v) is 7.22. The number of carbonyl (C=O) groups is 1. The number of aromatic nitrogens is 2. The fraction of sp³-hybridized carbons (Fsp3) is 0.333. The molecule has 27 heavy (non-hydrogen) atoms. The first-order valence-corrected chi connectivity index (χ1v) is 9.01. The summed E-state index contributed by atoms with van der Waals surface area (Å²) in [4.78, 5) is 27.9. The molecule has 1 aliphatic heterocycles. The van der Waals surface area contributed by atoms with E-state index >= 15 is 0 Å². The maximum atomic E-state index is 13.3. The van der Waals surface area contributed by atoms with Gasteiger partial charge in [0.1, 0.15) is 5.75 Å². The van der Waals surface area contributed by atoms with Crippen molar-refractivity contribution in [3.63, 3.8) is 0 Å². The fourth-order valence-corrected chi connectivity index (χ4v) is 4.07. The van der Waals surface area contributed by atoms with Crippen molar-refractivity contribution < 1.29 is 9.53 Å². The summed E-state index contributed by atoms with van der Waals surface area (Å²) in [6.45, 7) is 3.12. The molecule has 6 nitrogen and oxygen atoms in total. The van der Waals surface area contributed by atoms with Crippen molar-refractivity contribution in [3.05, 3.63) is 63.2 Å². The summed E-state index contributed by atoms with van der Waals surface area (Å²) in [5.74, 6) is 0.689. The van der Waals surface area contributed by atoms with Crippen LogP contribution >= 0.6 is 0 Å². The van der Waals surface area contributed by atoms with Gasteiger partial charge in [0, 0.05) is 39.6 Å². The number of methoxy groups -OCH3 is 1.